The summed E-state index contributed by atoms with van der Waals surface area (Å²) in [7, 11) is 1.42. The molecule has 0 aromatic carbocycles. The van der Waals surface area contributed by atoms with E-state index in [2.05, 4.69) is 4.90 Å². The minimum Gasteiger partial charge on any atom is -0.453 e. The van der Waals surface area contributed by atoms with Gasteiger partial charge in [0.2, 0.25) is 5.91 Å². The van der Waals surface area contributed by atoms with E-state index in [4.69, 9.17) is 4.74 Å². The number of hydrogen-bond acceptors (Lipinski definition) is 4. The number of likely N-dealkylation sites (N-methyl/N-ethyl adjacent to an activating group) is 1. The maximum atomic E-state index is 13.0. The first-order valence-corrected chi connectivity index (χ1v) is 8.98. The van der Waals surface area contributed by atoms with Gasteiger partial charge < -0.3 is 14.5 Å². The molecule has 2 amide bonds. The van der Waals surface area contributed by atoms with Crippen LogP contribution in [0.3, 0.4) is 0 Å². The molecule has 1 saturated carbocycles. The van der Waals surface area contributed by atoms with Gasteiger partial charge in [0.15, 0.2) is 0 Å². The highest BCUT2D eigenvalue weighted by atomic mass is 16.5. The van der Waals surface area contributed by atoms with Crippen LogP contribution in [0.2, 0.25) is 0 Å². The first-order valence-electron chi connectivity index (χ1n) is 8.98. The summed E-state index contributed by atoms with van der Waals surface area (Å²) in [6.07, 6.45) is 4.49. The molecular formula is C17H31N3O3. The highest BCUT2D eigenvalue weighted by Gasteiger charge is 2.38. The van der Waals surface area contributed by atoms with Gasteiger partial charge in [-0.3, -0.25) is 9.69 Å². The molecule has 1 atom stereocenters. The molecule has 0 N–H and O–H groups in total. The molecule has 2 fully saturated rings. The van der Waals surface area contributed by atoms with Crippen molar-refractivity contribution in [2.75, 3.05) is 46.4 Å². The summed E-state index contributed by atoms with van der Waals surface area (Å²) < 4.78 is 4.80. The zero-order chi connectivity index (χ0) is 16.8. The predicted octanol–water partition coefficient (Wildman–Crippen LogP) is 1.80. The quantitative estimate of drug-likeness (QED) is 0.773. The Morgan fingerprint density at radius 1 is 1.09 bits per heavy atom. The highest BCUT2D eigenvalue weighted by Crippen LogP contribution is 2.32. The zero-order valence-corrected chi connectivity index (χ0v) is 14.8. The predicted molar refractivity (Wildman–Crippen MR) is 89.2 cm³/mol. The first-order chi connectivity index (χ1) is 11.1. The summed E-state index contributed by atoms with van der Waals surface area (Å²) in [5.74, 6) is 0.737. The Morgan fingerprint density at radius 3 is 2.13 bits per heavy atom. The summed E-state index contributed by atoms with van der Waals surface area (Å²) in [4.78, 5) is 30.7. The molecular weight excluding hydrogens is 294 g/mol. The Kier molecular flexibility index (Phi) is 6.69. The molecule has 0 aromatic rings. The number of carbonyl (C=O) groups is 2. The third-order valence-corrected chi connectivity index (χ3v) is 5.31. The Balaban J connectivity index is 2.06. The van der Waals surface area contributed by atoms with Gasteiger partial charge in [0.25, 0.3) is 0 Å². The van der Waals surface area contributed by atoms with Crippen LogP contribution >= 0.6 is 0 Å². The van der Waals surface area contributed by atoms with Crippen molar-refractivity contribution in [1.82, 2.24) is 14.7 Å². The lowest BCUT2D eigenvalue weighted by Crippen LogP contribution is -2.58. The third kappa shape index (κ3) is 4.16. The second-order valence-corrected chi connectivity index (χ2v) is 6.49. The molecule has 1 heterocycles. The van der Waals surface area contributed by atoms with Gasteiger partial charge in [-0.25, -0.2) is 4.79 Å². The monoisotopic (exact) mass is 325 g/mol. The summed E-state index contributed by atoms with van der Waals surface area (Å²) in [5, 5.41) is 0. The molecule has 1 aliphatic carbocycles. The van der Waals surface area contributed by atoms with Crippen LogP contribution in [0.5, 0.6) is 0 Å². The van der Waals surface area contributed by atoms with Gasteiger partial charge >= 0.3 is 6.09 Å². The molecule has 0 spiro atoms. The van der Waals surface area contributed by atoms with Crippen molar-refractivity contribution in [3.8, 4) is 0 Å². The number of ether oxygens (including phenoxy) is 1. The van der Waals surface area contributed by atoms with E-state index < -0.39 is 0 Å². The van der Waals surface area contributed by atoms with E-state index in [0.29, 0.717) is 19.0 Å². The van der Waals surface area contributed by atoms with Gasteiger partial charge in [-0.15, -0.1) is 0 Å². The third-order valence-electron chi connectivity index (χ3n) is 5.31. The van der Waals surface area contributed by atoms with E-state index >= 15 is 0 Å². The number of rotatable bonds is 5. The molecule has 132 valence electrons. The molecule has 1 unspecified atom stereocenters. The van der Waals surface area contributed by atoms with Crippen molar-refractivity contribution in [2.24, 2.45) is 5.92 Å². The lowest BCUT2D eigenvalue weighted by Gasteiger charge is -2.41. The number of amides is 2. The molecule has 0 bridgehead atoms. The summed E-state index contributed by atoms with van der Waals surface area (Å²) in [5.41, 5.74) is 0. The summed E-state index contributed by atoms with van der Waals surface area (Å²) in [6, 6.07) is -0.0165. The average Bonchev–Trinajstić information content (AvgIpc) is 3.10. The average molecular weight is 325 g/mol. The van der Waals surface area contributed by atoms with Crippen LogP contribution in [-0.2, 0) is 9.53 Å². The highest BCUT2D eigenvalue weighted by molar-refractivity contribution is 5.82. The van der Waals surface area contributed by atoms with Gasteiger partial charge in [-0.2, -0.15) is 0 Å². The second kappa shape index (κ2) is 8.52. The van der Waals surface area contributed by atoms with Gasteiger partial charge in [0.05, 0.1) is 13.2 Å². The van der Waals surface area contributed by atoms with Crippen LogP contribution in [0.15, 0.2) is 0 Å². The van der Waals surface area contributed by atoms with E-state index in [0.717, 1.165) is 39.0 Å². The van der Waals surface area contributed by atoms with Gasteiger partial charge in [-0.05, 0) is 32.6 Å². The van der Waals surface area contributed by atoms with Crippen molar-refractivity contribution >= 4 is 12.0 Å². The maximum absolute atomic E-state index is 13.0. The van der Waals surface area contributed by atoms with Gasteiger partial charge in [0, 0.05) is 39.3 Å². The van der Waals surface area contributed by atoms with E-state index in [1.807, 2.05) is 18.7 Å². The van der Waals surface area contributed by atoms with E-state index in [9.17, 15) is 9.59 Å². The fourth-order valence-corrected chi connectivity index (χ4v) is 3.96. The SMILES string of the molecule is CCN(CC)C(=O)C(C1CCCC1)N1CCN(C(=O)OC)CC1. The van der Waals surface area contributed by atoms with Gasteiger partial charge in [-0.1, -0.05) is 12.8 Å². The minimum absolute atomic E-state index is 0.0165. The molecule has 23 heavy (non-hydrogen) atoms. The topological polar surface area (TPSA) is 53.1 Å². The van der Waals surface area contributed by atoms with E-state index in [-0.39, 0.29) is 18.0 Å². The van der Waals surface area contributed by atoms with Crippen LogP contribution in [0, 0.1) is 5.92 Å². The Hall–Kier alpha value is -1.30. The molecule has 2 rings (SSSR count). The molecule has 0 aromatic heterocycles. The Morgan fingerprint density at radius 2 is 1.65 bits per heavy atom. The second-order valence-electron chi connectivity index (χ2n) is 6.49. The number of carbonyl (C=O) groups excluding carboxylic acids is 2. The van der Waals surface area contributed by atoms with Crippen molar-refractivity contribution in [3.05, 3.63) is 0 Å². The molecule has 1 aliphatic heterocycles. The zero-order valence-electron chi connectivity index (χ0n) is 14.8. The molecule has 6 heteroatoms. The van der Waals surface area contributed by atoms with Crippen LogP contribution in [0.1, 0.15) is 39.5 Å². The van der Waals surface area contributed by atoms with Gasteiger partial charge in [0.1, 0.15) is 0 Å². The largest absolute Gasteiger partial charge is 0.453 e. The lowest BCUT2D eigenvalue weighted by molar-refractivity contribution is -0.139. The van der Waals surface area contributed by atoms with E-state index in [1.165, 1.54) is 20.0 Å². The van der Waals surface area contributed by atoms with Crippen molar-refractivity contribution in [2.45, 2.75) is 45.6 Å². The molecule has 6 nitrogen and oxygen atoms in total. The number of methoxy groups -OCH3 is 1. The Labute approximate surface area is 139 Å². The summed E-state index contributed by atoms with van der Waals surface area (Å²) >= 11 is 0. The maximum Gasteiger partial charge on any atom is 0.409 e. The Bertz CT molecular complexity index is 398. The van der Waals surface area contributed by atoms with Crippen molar-refractivity contribution < 1.29 is 14.3 Å². The van der Waals surface area contributed by atoms with Crippen LogP contribution in [-0.4, -0.2) is 79.1 Å². The van der Waals surface area contributed by atoms with Crippen LogP contribution in [0.4, 0.5) is 4.79 Å². The normalized spacial score (nSPS) is 21.3. The molecule has 1 saturated heterocycles. The fraction of sp³-hybridized carbons (Fsp3) is 0.882. The van der Waals surface area contributed by atoms with Crippen molar-refractivity contribution in [1.29, 1.82) is 0 Å². The smallest absolute Gasteiger partial charge is 0.409 e. The summed E-state index contributed by atoms with van der Waals surface area (Å²) in [6.45, 7) is 8.40. The van der Waals surface area contributed by atoms with Crippen molar-refractivity contribution in [3.63, 3.8) is 0 Å². The van der Waals surface area contributed by atoms with Crippen LogP contribution < -0.4 is 0 Å². The molecule has 2 aliphatic rings. The fourth-order valence-electron chi connectivity index (χ4n) is 3.96. The standard InChI is InChI=1S/C17H31N3O3/c1-4-18(5-2)16(21)15(14-8-6-7-9-14)19-10-12-20(13-11-19)17(22)23-3/h14-15H,4-13H2,1-3H3. The first kappa shape index (κ1) is 18.0. The number of nitrogens with zero attached hydrogens (tertiary/aromatic N) is 3. The molecule has 0 radical (unpaired) electrons. The minimum atomic E-state index is -0.267. The van der Waals surface area contributed by atoms with E-state index in [1.54, 1.807) is 4.90 Å². The van der Waals surface area contributed by atoms with Crippen LogP contribution in [0.25, 0.3) is 0 Å². The number of piperazine rings is 1. The number of hydrogen-bond donors (Lipinski definition) is 0. The lowest BCUT2D eigenvalue weighted by atomic mass is 9.94.